The van der Waals surface area contributed by atoms with E-state index in [4.69, 9.17) is 9.47 Å². The first-order chi connectivity index (χ1) is 15.2. The Bertz CT molecular complexity index is 683. The SMILES string of the molecule is CCC[CH2][Sn]([CH2]CCC)([CH2]CCC)[c]1cncc(OC[C@@H]2CCN2C(=O)OC(C)(C)C)c1. The Labute approximate surface area is 200 Å². The maximum atomic E-state index is 12.4. The van der Waals surface area contributed by atoms with Crippen molar-refractivity contribution in [3.05, 3.63) is 18.5 Å². The molecule has 2 heterocycles. The third-order valence-electron chi connectivity index (χ3n) is 6.57. The summed E-state index contributed by atoms with van der Waals surface area (Å²) in [6.45, 7) is 13.9. The Hall–Kier alpha value is -0.981. The molecule has 5 nitrogen and oxygen atoms in total. The van der Waals surface area contributed by atoms with E-state index in [0.29, 0.717) is 6.61 Å². The van der Waals surface area contributed by atoms with Crippen molar-refractivity contribution >= 4 is 28.0 Å². The number of likely N-dealkylation sites (tertiary alicyclic amines) is 1. The van der Waals surface area contributed by atoms with Crippen LogP contribution < -0.4 is 8.32 Å². The zero-order valence-electron chi connectivity index (χ0n) is 21.4. The molecule has 0 spiro atoms. The van der Waals surface area contributed by atoms with E-state index in [-0.39, 0.29) is 12.1 Å². The van der Waals surface area contributed by atoms with Gasteiger partial charge in [0.05, 0.1) is 0 Å². The molecule has 1 atom stereocenters. The summed E-state index contributed by atoms with van der Waals surface area (Å²) < 4.78 is 17.5. The molecule has 0 bridgehead atoms. The van der Waals surface area contributed by atoms with Crippen molar-refractivity contribution in [2.24, 2.45) is 0 Å². The zero-order chi connectivity index (χ0) is 23.6. The molecule has 0 aliphatic carbocycles. The van der Waals surface area contributed by atoms with E-state index >= 15 is 0 Å². The van der Waals surface area contributed by atoms with Crippen molar-refractivity contribution < 1.29 is 14.3 Å². The van der Waals surface area contributed by atoms with Crippen molar-refractivity contribution in [3.8, 4) is 5.75 Å². The number of rotatable bonds is 13. The second-order valence-corrected chi connectivity index (χ2v) is 23.7. The van der Waals surface area contributed by atoms with Crippen molar-refractivity contribution in [3.63, 3.8) is 0 Å². The Morgan fingerprint density at radius 3 is 2.12 bits per heavy atom. The van der Waals surface area contributed by atoms with Gasteiger partial charge in [-0.25, -0.2) is 0 Å². The van der Waals surface area contributed by atoms with Crippen LogP contribution >= 0.6 is 0 Å². The number of unbranched alkanes of at least 4 members (excludes halogenated alkanes) is 3. The monoisotopic (exact) mass is 554 g/mol. The van der Waals surface area contributed by atoms with Crippen LogP contribution in [0.2, 0.25) is 13.3 Å². The van der Waals surface area contributed by atoms with E-state index < -0.39 is 24.0 Å². The molecule has 1 aliphatic heterocycles. The minimum absolute atomic E-state index is 0.0852. The third-order valence-corrected chi connectivity index (χ3v) is 22.1. The number of nitrogens with zero attached hydrogens (tertiary/aromatic N) is 2. The molecule has 0 radical (unpaired) electrons. The van der Waals surface area contributed by atoms with Gasteiger partial charge in [-0.2, -0.15) is 0 Å². The van der Waals surface area contributed by atoms with Crippen LogP contribution in [-0.2, 0) is 4.74 Å². The summed E-state index contributed by atoms with van der Waals surface area (Å²) in [5.74, 6) is 0.865. The van der Waals surface area contributed by atoms with Crippen LogP contribution in [0.1, 0.15) is 86.5 Å². The summed E-state index contributed by atoms with van der Waals surface area (Å²) in [5, 5.41) is 0. The quantitative estimate of drug-likeness (QED) is 0.261. The molecule has 0 N–H and O–H groups in total. The Balaban J connectivity index is 2.10. The van der Waals surface area contributed by atoms with Gasteiger partial charge in [0.1, 0.15) is 0 Å². The fourth-order valence-corrected chi connectivity index (χ4v) is 20.2. The van der Waals surface area contributed by atoms with Crippen LogP contribution in [0.15, 0.2) is 18.5 Å². The second-order valence-electron chi connectivity index (χ2n) is 10.4. The molecule has 2 rings (SSSR count). The standard InChI is InChI=1S/C14H19N2O3.3C4H9.Sn/c1-14(2,3)19-13(17)16-8-6-11(16)10-18-12-5-4-7-15-9-12;3*1-3-4-2;/h5,7,9,11H,6,8,10H2,1-3H3;3*1,3-4H2,2H3;/t11-;;;;/m0..../s1. The van der Waals surface area contributed by atoms with Crippen LogP contribution in [0.25, 0.3) is 0 Å². The summed E-state index contributed by atoms with van der Waals surface area (Å²) in [7, 11) is 0. The fraction of sp³-hybridized carbons (Fsp3) is 0.769. The average molecular weight is 553 g/mol. The summed E-state index contributed by atoms with van der Waals surface area (Å²) in [6.07, 6.45) is 12.5. The van der Waals surface area contributed by atoms with Crippen LogP contribution in [0.4, 0.5) is 4.79 Å². The normalized spacial score (nSPS) is 16.6. The first-order valence-corrected chi connectivity index (χ1v) is 20.3. The summed E-state index contributed by atoms with van der Waals surface area (Å²) in [5.41, 5.74) is -0.470. The first-order valence-electron chi connectivity index (χ1n) is 12.8. The molecular weight excluding hydrogens is 507 g/mol. The van der Waals surface area contributed by atoms with E-state index in [0.717, 1.165) is 18.7 Å². The van der Waals surface area contributed by atoms with Crippen molar-refractivity contribution in [2.45, 2.75) is 111 Å². The zero-order valence-corrected chi connectivity index (χ0v) is 24.3. The van der Waals surface area contributed by atoms with Crippen molar-refractivity contribution in [2.75, 3.05) is 13.2 Å². The Morgan fingerprint density at radius 2 is 1.66 bits per heavy atom. The Kier molecular flexibility index (Phi) is 11.1. The third kappa shape index (κ3) is 8.10. The van der Waals surface area contributed by atoms with Gasteiger partial charge in [-0.15, -0.1) is 0 Å². The predicted molar refractivity (Wildman–Crippen MR) is 136 cm³/mol. The number of ether oxygens (including phenoxy) is 2. The van der Waals surface area contributed by atoms with Gasteiger partial charge in [0.2, 0.25) is 0 Å². The molecule has 0 aromatic carbocycles. The minimum atomic E-state index is -2.52. The Morgan fingerprint density at radius 1 is 1.06 bits per heavy atom. The second kappa shape index (κ2) is 13.0. The fourth-order valence-electron chi connectivity index (χ4n) is 4.51. The van der Waals surface area contributed by atoms with Gasteiger partial charge in [-0.1, -0.05) is 0 Å². The van der Waals surface area contributed by atoms with Gasteiger partial charge in [-0.3, -0.25) is 0 Å². The summed E-state index contributed by atoms with van der Waals surface area (Å²) in [4.78, 5) is 18.8. The predicted octanol–water partition coefficient (Wildman–Crippen LogP) is 6.53. The van der Waals surface area contributed by atoms with E-state index in [1.165, 1.54) is 55.4 Å². The number of carbonyl (C=O) groups excluding carboxylic acids is 1. The number of hydrogen-bond donors (Lipinski definition) is 0. The summed E-state index contributed by atoms with van der Waals surface area (Å²) >= 11 is -2.52. The van der Waals surface area contributed by atoms with Crippen molar-refractivity contribution in [1.29, 1.82) is 0 Å². The molecular formula is C26H46N2O3Sn. The molecule has 1 aliphatic rings. The molecule has 0 unspecified atom stereocenters. The van der Waals surface area contributed by atoms with Crippen LogP contribution in [0, 0.1) is 0 Å². The van der Waals surface area contributed by atoms with Gasteiger partial charge in [0.15, 0.2) is 0 Å². The van der Waals surface area contributed by atoms with E-state index in [2.05, 4.69) is 38.0 Å². The van der Waals surface area contributed by atoms with Crippen molar-refractivity contribution in [1.82, 2.24) is 9.88 Å². The van der Waals surface area contributed by atoms with E-state index in [9.17, 15) is 4.79 Å². The molecule has 1 saturated heterocycles. The average Bonchev–Trinajstić information content (AvgIpc) is 2.71. The van der Waals surface area contributed by atoms with E-state index in [1.54, 1.807) is 4.90 Å². The van der Waals surface area contributed by atoms with Crippen LogP contribution in [-0.4, -0.2) is 59.1 Å². The summed E-state index contributed by atoms with van der Waals surface area (Å²) in [6, 6.07) is 2.39. The molecule has 6 heteroatoms. The maximum absolute atomic E-state index is 12.4. The van der Waals surface area contributed by atoms with Gasteiger partial charge in [0, 0.05) is 0 Å². The number of hydrogen-bond acceptors (Lipinski definition) is 4. The molecule has 1 fully saturated rings. The number of carbonyl (C=O) groups is 1. The van der Waals surface area contributed by atoms with Gasteiger partial charge in [-0.05, 0) is 0 Å². The molecule has 182 valence electrons. The number of pyridine rings is 1. The van der Waals surface area contributed by atoms with E-state index in [1.807, 2.05) is 27.0 Å². The van der Waals surface area contributed by atoms with Crippen LogP contribution in [0.5, 0.6) is 5.75 Å². The molecule has 0 saturated carbocycles. The first kappa shape index (κ1) is 27.3. The molecule has 1 amide bonds. The molecule has 1 aromatic heterocycles. The van der Waals surface area contributed by atoms with Gasteiger partial charge < -0.3 is 0 Å². The van der Waals surface area contributed by atoms with Crippen LogP contribution in [0.3, 0.4) is 0 Å². The topological polar surface area (TPSA) is 51.7 Å². The molecule has 32 heavy (non-hydrogen) atoms. The van der Waals surface area contributed by atoms with Gasteiger partial charge >= 0.3 is 201 Å². The van der Waals surface area contributed by atoms with Gasteiger partial charge in [0.25, 0.3) is 0 Å². The number of aromatic nitrogens is 1. The number of amides is 1. The molecule has 1 aromatic rings.